The number of likely N-dealkylation sites (N-methyl/N-ethyl adjacent to an activating group) is 1. The molecular weight excluding hydrogens is 316 g/mol. The lowest BCUT2D eigenvalue weighted by molar-refractivity contribution is -0.926. The van der Waals surface area contributed by atoms with Crippen LogP contribution in [0.1, 0.15) is 42.1 Å². The van der Waals surface area contributed by atoms with Gasteiger partial charge >= 0.3 is 0 Å². The highest BCUT2D eigenvalue weighted by molar-refractivity contribution is 7.09. The van der Waals surface area contributed by atoms with Crippen molar-refractivity contribution in [3.8, 4) is 6.07 Å². The Hall–Kier alpha value is -2.03. The third kappa shape index (κ3) is 4.73. The molecule has 5 heteroatoms. The molecule has 0 radical (unpaired) electrons. The minimum absolute atomic E-state index is 0.315. The van der Waals surface area contributed by atoms with Gasteiger partial charge in [-0.3, -0.25) is 4.99 Å². The molecule has 1 heterocycles. The predicted octanol–water partition coefficient (Wildman–Crippen LogP) is 2.80. The van der Waals surface area contributed by atoms with Crippen molar-refractivity contribution in [2.24, 2.45) is 4.99 Å². The van der Waals surface area contributed by atoms with Crippen molar-refractivity contribution < 1.29 is 4.90 Å². The van der Waals surface area contributed by atoms with Crippen molar-refractivity contribution in [1.82, 2.24) is 4.98 Å². The van der Waals surface area contributed by atoms with Crippen molar-refractivity contribution in [3.05, 3.63) is 52.0 Å². The lowest BCUT2D eigenvalue weighted by Gasteiger charge is -2.25. The summed E-state index contributed by atoms with van der Waals surface area (Å²) in [6.45, 7) is 9.14. The molecule has 126 valence electrons. The standard InChI is InChI=1S/C19H24N4S/c1-4-23(5-2)18(16-9-7-6-8-10-16)13-21-12-17(11-20)19-22-15(3)14-24-19/h6-10,12,14,17-18H,4-5,13H2,1-3H3/p+1/t17?,18-/m0/s1. The molecule has 1 aromatic carbocycles. The molecule has 0 aliphatic carbocycles. The molecule has 1 unspecified atom stereocenters. The van der Waals surface area contributed by atoms with Crippen LogP contribution in [0.25, 0.3) is 0 Å². The number of nitrogens with one attached hydrogen (secondary N) is 1. The van der Waals surface area contributed by atoms with E-state index in [2.05, 4.69) is 54.2 Å². The van der Waals surface area contributed by atoms with Crippen LogP contribution in [0.15, 0.2) is 40.7 Å². The minimum atomic E-state index is -0.355. The Bertz CT molecular complexity index is 683. The van der Waals surface area contributed by atoms with Gasteiger partial charge in [-0.1, -0.05) is 30.3 Å². The van der Waals surface area contributed by atoms with E-state index in [1.807, 2.05) is 18.4 Å². The van der Waals surface area contributed by atoms with Gasteiger partial charge in [0.25, 0.3) is 0 Å². The number of hydrogen-bond acceptors (Lipinski definition) is 4. The quantitative estimate of drug-likeness (QED) is 0.751. The number of thiazole rings is 1. The van der Waals surface area contributed by atoms with E-state index in [9.17, 15) is 5.26 Å². The number of benzene rings is 1. The van der Waals surface area contributed by atoms with E-state index in [0.717, 1.165) is 23.8 Å². The second kappa shape index (κ2) is 9.31. The normalized spacial score (nSPS) is 14.0. The average molecular weight is 342 g/mol. The summed E-state index contributed by atoms with van der Waals surface area (Å²) in [6.07, 6.45) is 1.76. The fourth-order valence-electron chi connectivity index (χ4n) is 2.84. The highest BCUT2D eigenvalue weighted by atomic mass is 32.1. The van der Waals surface area contributed by atoms with E-state index in [-0.39, 0.29) is 5.92 Å². The fraction of sp³-hybridized carbons (Fsp3) is 0.421. The maximum atomic E-state index is 9.39. The van der Waals surface area contributed by atoms with Crippen molar-refractivity contribution in [3.63, 3.8) is 0 Å². The molecule has 2 atom stereocenters. The smallest absolute Gasteiger partial charge is 0.133 e. The maximum Gasteiger partial charge on any atom is 0.133 e. The Balaban J connectivity index is 2.13. The van der Waals surface area contributed by atoms with Crippen LogP contribution in [0.4, 0.5) is 0 Å². The van der Waals surface area contributed by atoms with Gasteiger partial charge in [0.2, 0.25) is 0 Å². The van der Waals surface area contributed by atoms with Crippen LogP contribution in [0.3, 0.4) is 0 Å². The Morgan fingerprint density at radius 2 is 2.00 bits per heavy atom. The summed E-state index contributed by atoms with van der Waals surface area (Å²) in [4.78, 5) is 10.5. The van der Waals surface area contributed by atoms with Crippen LogP contribution in [-0.2, 0) is 0 Å². The number of aromatic nitrogens is 1. The minimum Gasteiger partial charge on any atom is -0.328 e. The van der Waals surface area contributed by atoms with Crippen molar-refractivity contribution in [1.29, 1.82) is 5.26 Å². The van der Waals surface area contributed by atoms with Gasteiger partial charge < -0.3 is 4.90 Å². The van der Waals surface area contributed by atoms with Crippen LogP contribution in [-0.4, -0.2) is 30.8 Å². The Morgan fingerprint density at radius 3 is 2.54 bits per heavy atom. The topological polar surface area (TPSA) is 53.5 Å². The van der Waals surface area contributed by atoms with E-state index in [0.29, 0.717) is 12.6 Å². The van der Waals surface area contributed by atoms with E-state index >= 15 is 0 Å². The lowest BCUT2D eigenvalue weighted by Crippen LogP contribution is -3.12. The summed E-state index contributed by atoms with van der Waals surface area (Å²) < 4.78 is 0. The van der Waals surface area contributed by atoms with Gasteiger partial charge in [0, 0.05) is 22.9 Å². The summed E-state index contributed by atoms with van der Waals surface area (Å²) >= 11 is 1.52. The summed E-state index contributed by atoms with van der Waals surface area (Å²) in [7, 11) is 0. The van der Waals surface area contributed by atoms with E-state index < -0.39 is 0 Å². The van der Waals surface area contributed by atoms with Crippen molar-refractivity contribution in [2.45, 2.75) is 32.7 Å². The van der Waals surface area contributed by atoms with Gasteiger partial charge in [-0.2, -0.15) is 5.26 Å². The summed E-state index contributed by atoms with van der Waals surface area (Å²) in [5.41, 5.74) is 2.25. The molecular formula is C19H25N4S+. The van der Waals surface area contributed by atoms with Gasteiger partial charge in [0.1, 0.15) is 17.0 Å². The molecule has 0 saturated heterocycles. The number of rotatable bonds is 8. The van der Waals surface area contributed by atoms with E-state index in [1.54, 1.807) is 6.21 Å². The largest absolute Gasteiger partial charge is 0.328 e. The zero-order valence-electron chi connectivity index (χ0n) is 14.6. The number of aliphatic imine (C=N–C) groups is 1. The second-order valence-electron chi connectivity index (χ2n) is 5.78. The lowest BCUT2D eigenvalue weighted by atomic mass is 10.1. The highest BCUT2D eigenvalue weighted by Crippen LogP contribution is 2.18. The van der Waals surface area contributed by atoms with E-state index in [1.165, 1.54) is 21.8 Å². The Kier molecular flexibility index (Phi) is 7.10. The monoisotopic (exact) mass is 341 g/mol. The molecule has 2 rings (SSSR count). The molecule has 0 aliphatic rings. The van der Waals surface area contributed by atoms with Gasteiger partial charge in [0.05, 0.1) is 25.7 Å². The van der Waals surface area contributed by atoms with Crippen LogP contribution in [0.2, 0.25) is 0 Å². The Morgan fingerprint density at radius 1 is 1.29 bits per heavy atom. The molecule has 24 heavy (non-hydrogen) atoms. The average Bonchev–Trinajstić information content (AvgIpc) is 3.05. The van der Waals surface area contributed by atoms with Gasteiger partial charge in [-0.25, -0.2) is 4.98 Å². The SMILES string of the molecule is CC[NH+](CC)[C@@H](CN=CC(C#N)c1nc(C)cs1)c1ccccc1. The second-order valence-corrected chi connectivity index (χ2v) is 6.67. The molecule has 0 fully saturated rings. The molecule has 0 aliphatic heterocycles. The first-order chi connectivity index (χ1) is 11.7. The van der Waals surface area contributed by atoms with E-state index in [4.69, 9.17) is 0 Å². The molecule has 0 amide bonds. The maximum absolute atomic E-state index is 9.39. The van der Waals surface area contributed by atoms with Crippen LogP contribution >= 0.6 is 11.3 Å². The molecule has 1 aromatic heterocycles. The van der Waals surface area contributed by atoms with Crippen molar-refractivity contribution >= 4 is 17.6 Å². The van der Waals surface area contributed by atoms with Crippen LogP contribution in [0, 0.1) is 18.3 Å². The van der Waals surface area contributed by atoms with Gasteiger partial charge in [-0.05, 0) is 20.8 Å². The molecule has 0 saturated carbocycles. The third-order valence-corrected chi connectivity index (χ3v) is 5.23. The number of aryl methyl sites for hydroxylation is 1. The number of quaternary nitrogens is 1. The molecule has 0 spiro atoms. The first-order valence-electron chi connectivity index (χ1n) is 8.40. The third-order valence-electron chi connectivity index (χ3n) is 4.19. The van der Waals surface area contributed by atoms with Gasteiger partial charge in [-0.15, -0.1) is 11.3 Å². The molecule has 2 aromatic rings. The molecule has 0 bridgehead atoms. The highest BCUT2D eigenvalue weighted by Gasteiger charge is 2.21. The summed E-state index contributed by atoms with van der Waals surface area (Å²) in [6, 6.07) is 13.1. The predicted molar refractivity (Wildman–Crippen MR) is 99.8 cm³/mol. The zero-order valence-corrected chi connectivity index (χ0v) is 15.4. The zero-order chi connectivity index (χ0) is 17.4. The first-order valence-corrected chi connectivity index (χ1v) is 9.28. The molecule has 4 nitrogen and oxygen atoms in total. The Labute approximate surface area is 148 Å². The number of nitriles is 1. The van der Waals surface area contributed by atoms with Gasteiger partial charge in [0.15, 0.2) is 0 Å². The number of hydrogen-bond donors (Lipinski definition) is 1. The van der Waals surface area contributed by atoms with Crippen LogP contribution in [0.5, 0.6) is 0 Å². The van der Waals surface area contributed by atoms with Crippen molar-refractivity contribution in [2.75, 3.05) is 19.6 Å². The fourth-order valence-corrected chi connectivity index (χ4v) is 3.64. The summed E-state index contributed by atoms with van der Waals surface area (Å²) in [5, 5.41) is 12.2. The van der Waals surface area contributed by atoms with Crippen LogP contribution < -0.4 is 4.90 Å². The molecule has 1 N–H and O–H groups in total. The first kappa shape index (κ1) is 18.3. The number of nitrogens with zero attached hydrogens (tertiary/aromatic N) is 3. The summed E-state index contributed by atoms with van der Waals surface area (Å²) in [5.74, 6) is -0.355.